The van der Waals surface area contributed by atoms with Crippen LogP contribution in [-0.4, -0.2) is 5.78 Å². The first-order valence-electron chi connectivity index (χ1n) is 4.11. The summed E-state index contributed by atoms with van der Waals surface area (Å²) in [5.41, 5.74) is 1.36. The van der Waals surface area contributed by atoms with Crippen molar-refractivity contribution in [1.29, 1.82) is 0 Å². The molecule has 1 radical (unpaired) electrons. The van der Waals surface area contributed by atoms with E-state index in [0.717, 1.165) is 12.8 Å². The van der Waals surface area contributed by atoms with Crippen LogP contribution in [0.2, 0.25) is 0 Å². The fraction of sp³-hybridized carbons (Fsp3) is 0.300. The van der Waals surface area contributed by atoms with E-state index in [9.17, 15) is 9.90 Å². The average molecular weight is 161 g/mol. The zero-order valence-corrected chi connectivity index (χ0v) is 6.67. The van der Waals surface area contributed by atoms with E-state index in [1.165, 1.54) is 6.07 Å². The zero-order chi connectivity index (χ0) is 8.55. The Kier molecular flexibility index (Phi) is 1.61. The van der Waals surface area contributed by atoms with E-state index >= 15 is 0 Å². The lowest BCUT2D eigenvalue weighted by molar-refractivity contribution is 0.0971. The largest absolute Gasteiger partial charge is 0.294 e. The molecule has 2 nitrogen and oxygen atoms in total. The number of carbonyl (C=O) groups excluding carboxylic acids is 1. The Morgan fingerprint density at radius 2 is 2.00 bits per heavy atom. The summed E-state index contributed by atoms with van der Waals surface area (Å²) in [6.07, 6.45) is 2.18. The third kappa shape index (κ3) is 0.998. The number of rotatable bonds is 0. The number of hydrogen-bond acceptors (Lipinski definition) is 1. The molecule has 0 amide bonds. The van der Waals surface area contributed by atoms with Crippen molar-refractivity contribution in [2.24, 2.45) is 0 Å². The third-order valence-corrected chi connectivity index (χ3v) is 2.26. The number of carbonyl (C=O) groups is 1. The second-order valence-electron chi connectivity index (χ2n) is 3.06. The molecule has 2 heteroatoms. The van der Waals surface area contributed by atoms with Crippen molar-refractivity contribution in [1.82, 2.24) is 0 Å². The van der Waals surface area contributed by atoms with Crippen LogP contribution in [0.1, 0.15) is 28.8 Å². The highest BCUT2D eigenvalue weighted by Gasteiger charge is 2.19. The lowest BCUT2D eigenvalue weighted by Gasteiger charge is -2.13. The quantitative estimate of drug-likeness (QED) is 0.575. The highest BCUT2D eigenvalue weighted by molar-refractivity contribution is 5.99. The average Bonchev–Trinajstić information content (AvgIpc) is 2.07. The Morgan fingerprint density at radius 3 is 2.75 bits per heavy atom. The number of ketones is 1. The van der Waals surface area contributed by atoms with Crippen molar-refractivity contribution >= 4 is 5.78 Å². The highest BCUT2D eigenvalue weighted by atomic mass is 16.3. The molecule has 0 bridgehead atoms. The molecular weight excluding hydrogens is 152 g/mol. The molecule has 0 aromatic heterocycles. The maximum absolute atomic E-state index is 11.3. The number of Topliss-reactive ketones (excluding diaryl/α,β-unsaturated/α-hetero) is 1. The Balaban J connectivity index is 2.59. The van der Waals surface area contributed by atoms with Crippen molar-refractivity contribution in [3.05, 3.63) is 29.3 Å². The summed E-state index contributed by atoms with van der Waals surface area (Å²) in [5, 5.41) is 11.3. The second-order valence-corrected chi connectivity index (χ2v) is 3.06. The molecule has 0 saturated carbocycles. The third-order valence-electron chi connectivity index (χ3n) is 2.26. The monoisotopic (exact) mass is 161 g/mol. The molecule has 1 aromatic carbocycles. The first-order valence-corrected chi connectivity index (χ1v) is 4.11. The summed E-state index contributed by atoms with van der Waals surface area (Å²) >= 11 is 0. The minimum Gasteiger partial charge on any atom is -0.294 e. The van der Waals surface area contributed by atoms with E-state index in [1.807, 2.05) is 0 Å². The van der Waals surface area contributed by atoms with E-state index in [-0.39, 0.29) is 11.5 Å². The number of fused-ring (bicyclic) bond motifs is 1. The SMILES string of the molecule is [O]c1cccc2c1CCCC2=O. The Hall–Kier alpha value is -1.31. The van der Waals surface area contributed by atoms with Crippen molar-refractivity contribution < 1.29 is 9.90 Å². The van der Waals surface area contributed by atoms with Gasteiger partial charge >= 0.3 is 0 Å². The molecule has 0 aliphatic heterocycles. The molecule has 1 aliphatic carbocycles. The van der Waals surface area contributed by atoms with E-state index in [4.69, 9.17) is 0 Å². The normalized spacial score (nSPS) is 15.8. The Morgan fingerprint density at radius 1 is 1.17 bits per heavy atom. The van der Waals surface area contributed by atoms with Crippen LogP contribution < -0.4 is 0 Å². The van der Waals surface area contributed by atoms with Crippen molar-refractivity contribution in [2.45, 2.75) is 19.3 Å². The van der Waals surface area contributed by atoms with Gasteiger partial charge in [-0.2, -0.15) is 0 Å². The van der Waals surface area contributed by atoms with Crippen LogP contribution in [0, 0.1) is 0 Å². The molecular formula is C10H9O2. The van der Waals surface area contributed by atoms with Crippen LogP contribution in [0.25, 0.3) is 0 Å². The minimum absolute atomic E-state index is 0.0144. The first-order chi connectivity index (χ1) is 5.79. The molecule has 12 heavy (non-hydrogen) atoms. The summed E-state index contributed by atoms with van der Waals surface area (Å²) in [6.45, 7) is 0. The van der Waals surface area contributed by atoms with E-state index in [1.54, 1.807) is 12.1 Å². The van der Waals surface area contributed by atoms with Crippen LogP contribution in [0.15, 0.2) is 18.2 Å². The summed E-state index contributed by atoms with van der Waals surface area (Å²) in [7, 11) is 0. The van der Waals surface area contributed by atoms with Gasteiger partial charge in [0, 0.05) is 17.5 Å². The lowest BCUT2D eigenvalue weighted by Crippen LogP contribution is -2.10. The summed E-state index contributed by atoms with van der Waals surface area (Å²) < 4.78 is 0. The van der Waals surface area contributed by atoms with Crippen LogP contribution in [-0.2, 0) is 11.5 Å². The van der Waals surface area contributed by atoms with Gasteiger partial charge in [0.05, 0.1) is 0 Å². The van der Waals surface area contributed by atoms with Gasteiger partial charge in [-0.05, 0) is 18.9 Å². The summed E-state index contributed by atoms with van der Waals surface area (Å²) in [4.78, 5) is 11.3. The second kappa shape index (κ2) is 2.63. The molecule has 0 heterocycles. The van der Waals surface area contributed by atoms with E-state index in [2.05, 4.69) is 0 Å². The van der Waals surface area contributed by atoms with Gasteiger partial charge in [-0.15, -0.1) is 0 Å². The fourth-order valence-corrected chi connectivity index (χ4v) is 1.65. The first kappa shape index (κ1) is 7.35. The van der Waals surface area contributed by atoms with Crippen LogP contribution in [0.3, 0.4) is 0 Å². The summed E-state index contributed by atoms with van der Waals surface area (Å²) in [5.74, 6) is 0.134. The highest BCUT2D eigenvalue weighted by Crippen LogP contribution is 2.28. The Labute approximate surface area is 70.8 Å². The van der Waals surface area contributed by atoms with Crippen LogP contribution in [0.5, 0.6) is 5.75 Å². The predicted molar refractivity (Wildman–Crippen MR) is 43.8 cm³/mol. The maximum Gasteiger partial charge on any atom is 0.182 e. The van der Waals surface area contributed by atoms with Gasteiger partial charge in [0.15, 0.2) is 11.5 Å². The van der Waals surface area contributed by atoms with Gasteiger partial charge in [-0.1, -0.05) is 12.1 Å². The van der Waals surface area contributed by atoms with Crippen LogP contribution in [0.4, 0.5) is 0 Å². The van der Waals surface area contributed by atoms with Gasteiger partial charge in [0.2, 0.25) is 0 Å². The van der Waals surface area contributed by atoms with Gasteiger partial charge in [-0.3, -0.25) is 9.90 Å². The topological polar surface area (TPSA) is 37.0 Å². The molecule has 0 spiro atoms. The molecule has 0 N–H and O–H groups in total. The predicted octanol–water partition coefficient (Wildman–Crippen LogP) is 2.35. The smallest absolute Gasteiger partial charge is 0.182 e. The molecule has 0 atom stereocenters. The van der Waals surface area contributed by atoms with Gasteiger partial charge in [0.1, 0.15) is 0 Å². The number of benzene rings is 1. The fourth-order valence-electron chi connectivity index (χ4n) is 1.65. The number of hydrogen-bond donors (Lipinski definition) is 0. The summed E-state index contributed by atoms with van der Waals surface area (Å²) in [6, 6.07) is 4.93. The Bertz CT molecular complexity index is 329. The van der Waals surface area contributed by atoms with Crippen molar-refractivity contribution in [3.8, 4) is 5.75 Å². The van der Waals surface area contributed by atoms with Gasteiger partial charge in [-0.25, -0.2) is 0 Å². The minimum atomic E-state index is 0.0144. The maximum atomic E-state index is 11.3. The van der Waals surface area contributed by atoms with E-state index < -0.39 is 0 Å². The molecule has 61 valence electrons. The van der Waals surface area contributed by atoms with Crippen molar-refractivity contribution in [3.63, 3.8) is 0 Å². The molecule has 0 unspecified atom stereocenters. The van der Waals surface area contributed by atoms with Gasteiger partial charge in [0.25, 0.3) is 0 Å². The molecule has 0 saturated heterocycles. The molecule has 1 aliphatic rings. The molecule has 0 fully saturated rings. The van der Waals surface area contributed by atoms with Gasteiger partial charge < -0.3 is 0 Å². The standard InChI is InChI=1S/C10H9O2/c11-9-5-1-3-7-8(9)4-2-6-10(7)12/h1,3,5H,2,4,6H2. The van der Waals surface area contributed by atoms with Crippen molar-refractivity contribution in [2.75, 3.05) is 0 Å². The molecule has 2 rings (SSSR count). The zero-order valence-electron chi connectivity index (χ0n) is 6.67. The molecule has 1 aromatic rings. The van der Waals surface area contributed by atoms with E-state index in [0.29, 0.717) is 17.5 Å². The lowest BCUT2D eigenvalue weighted by atomic mass is 9.90. The van der Waals surface area contributed by atoms with Crippen LogP contribution >= 0.6 is 0 Å².